The third-order valence-corrected chi connectivity index (χ3v) is 5.96. The summed E-state index contributed by atoms with van der Waals surface area (Å²) < 4.78 is 15.5. The molecule has 0 aliphatic carbocycles. The lowest BCUT2D eigenvalue weighted by atomic mass is 9.82. The van der Waals surface area contributed by atoms with E-state index in [1.54, 1.807) is 12.1 Å². The van der Waals surface area contributed by atoms with Gasteiger partial charge in [0.2, 0.25) is 0 Å². The Hall–Kier alpha value is -1.72. The van der Waals surface area contributed by atoms with Crippen LogP contribution in [0.25, 0.3) is 10.9 Å². The van der Waals surface area contributed by atoms with Crippen LogP contribution in [0.2, 0.25) is 0 Å². The van der Waals surface area contributed by atoms with Crippen molar-refractivity contribution in [3.63, 3.8) is 0 Å². The van der Waals surface area contributed by atoms with Crippen LogP contribution in [0.5, 0.6) is 5.75 Å². The standard InChI is InChI=1S/C21H29FN2OS/c1-6-8-20(26-15-22)21(3,7-2)19-14-16-13-17(25)9-10-18(16)24(19)12-11-23(4)5/h6-10,13-14,20,25H,2,11-12,15H2,1,3-5H3/b8-6-. The number of fused-ring (bicyclic) bond motifs is 1. The van der Waals surface area contributed by atoms with Crippen molar-refractivity contribution < 1.29 is 9.50 Å². The summed E-state index contributed by atoms with van der Waals surface area (Å²) in [5.41, 5.74) is 1.71. The second-order valence-corrected chi connectivity index (χ2v) is 8.00. The van der Waals surface area contributed by atoms with Gasteiger partial charge in [0.1, 0.15) is 11.8 Å². The van der Waals surface area contributed by atoms with Crippen molar-refractivity contribution in [3.8, 4) is 5.75 Å². The average Bonchev–Trinajstić information content (AvgIpc) is 2.97. The van der Waals surface area contributed by atoms with Crippen molar-refractivity contribution in [3.05, 3.63) is 54.8 Å². The number of phenols is 1. The molecule has 3 nitrogen and oxygen atoms in total. The van der Waals surface area contributed by atoms with Crippen molar-refractivity contribution in [1.29, 1.82) is 0 Å². The molecule has 0 aliphatic heterocycles. The maximum Gasteiger partial charge on any atom is 0.136 e. The van der Waals surface area contributed by atoms with Crippen molar-refractivity contribution in [2.24, 2.45) is 0 Å². The molecule has 2 unspecified atom stereocenters. The van der Waals surface area contributed by atoms with Gasteiger partial charge in [-0.2, -0.15) is 0 Å². The highest BCUT2D eigenvalue weighted by atomic mass is 32.2. The summed E-state index contributed by atoms with van der Waals surface area (Å²) in [4.78, 5) is 2.14. The van der Waals surface area contributed by atoms with E-state index in [4.69, 9.17) is 0 Å². The zero-order valence-electron chi connectivity index (χ0n) is 16.1. The lowest BCUT2D eigenvalue weighted by Gasteiger charge is -2.34. The highest BCUT2D eigenvalue weighted by Crippen LogP contribution is 2.40. The summed E-state index contributed by atoms with van der Waals surface area (Å²) in [6.45, 7) is 9.83. The first-order valence-electron chi connectivity index (χ1n) is 8.78. The fraction of sp³-hybridized carbons (Fsp3) is 0.429. The number of likely N-dealkylation sites (N-methyl/N-ethyl adjacent to an activating group) is 1. The number of allylic oxidation sites excluding steroid dienone is 2. The van der Waals surface area contributed by atoms with Crippen LogP contribution in [0.3, 0.4) is 0 Å². The fourth-order valence-electron chi connectivity index (χ4n) is 3.28. The van der Waals surface area contributed by atoms with Gasteiger partial charge in [0.05, 0.1) is 0 Å². The zero-order chi connectivity index (χ0) is 19.3. The Kier molecular flexibility index (Phi) is 6.95. The van der Waals surface area contributed by atoms with E-state index in [2.05, 4.69) is 29.0 Å². The van der Waals surface area contributed by atoms with E-state index < -0.39 is 11.4 Å². The van der Waals surface area contributed by atoms with Gasteiger partial charge < -0.3 is 14.6 Å². The Balaban J connectivity index is 2.66. The molecule has 2 atom stereocenters. The molecule has 0 spiro atoms. The van der Waals surface area contributed by atoms with Crippen molar-refractivity contribution in [2.75, 3.05) is 26.6 Å². The van der Waals surface area contributed by atoms with E-state index in [9.17, 15) is 9.50 Å². The normalized spacial score (nSPS) is 15.6. The van der Waals surface area contributed by atoms with Gasteiger partial charge in [0.15, 0.2) is 0 Å². The minimum absolute atomic E-state index is 0.0639. The molecule has 2 aromatic rings. The van der Waals surface area contributed by atoms with E-state index in [1.165, 1.54) is 11.8 Å². The molecular weight excluding hydrogens is 347 g/mol. The van der Waals surface area contributed by atoms with E-state index in [-0.39, 0.29) is 11.0 Å². The van der Waals surface area contributed by atoms with E-state index in [0.717, 1.165) is 29.7 Å². The molecule has 0 saturated heterocycles. The molecule has 0 amide bonds. The quantitative estimate of drug-likeness (QED) is 0.627. The fourth-order valence-corrected chi connectivity index (χ4v) is 4.25. The molecule has 0 bridgehead atoms. The number of nitrogens with zero attached hydrogens (tertiary/aromatic N) is 2. The number of hydrogen-bond acceptors (Lipinski definition) is 3. The zero-order valence-corrected chi connectivity index (χ0v) is 16.9. The molecule has 0 saturated carbocycles. The summed E-state index contributed by atoms with van der Waals surface area (Å²) in [6.07, 6.45) is 5.92. The van der Waals surface area contributed by atoms with Crippen LogP contribution in [-0.2, 0) is 12.0 Å². The van der Waals surface area contributed by atoms with Crippen molar-refractivity contribution >= 4 is 22.7 Å². The highest BCUT2D eigenvalue weighted by molar-refractivity contribution is 7.99. The Labute approximate surface area is 160 Å². The van der Waals surface area contributed by atoms with Crippen LogP contribution >= 0.6 is 11.8 Å². The molecule has 5 heteroatoms. The van der Waals surface area contributed by atoms with Gasteiger partial charge in [0, 0.05) is 40.4 Å². The van der Waals surface area contributed by atoms with Crippen molar-refractivity contribution in [1.82, 2.24) is 9.47 Å². The second kappa shape index (κ2) is 8.78. The number of hydrogen-bond donors (Lipinski definition) is 1. The van der Waals surface area contributed by atoms with Gasteiger partial charge in [-0.15, -0.1) is 18.3 Å². The highest BCUT2D eigenvalue weighted by Gasteiger charge is 2.35. The van der Waals surface area contributed by atoms with Gasteiger partial charge in [-0.25, -0.2) is 4.39 Å². The Morgan fingerprint density at radius 1 is 1.38 bits per heavy atom. The van der Waals surface area contributed by atoms with Gasteiger partial charge in [-0.05, 0) is 52.2 Å². The summed E-state index contributed by atoms with van der Waals surface area (Å²) in [7, 11) is 4.09. The van der Waals surface area contributed by atoms with Gasteiger partial charge >= 0.3 is 0 Å². The summed E-state index contributed by atoms with van der Waals surface area (Å²) in [5.74, 6) is 0.247. The van der Waals surface area contributed by atoms with E-state index in [1.807, 2.05) is 45.3 Å². The summed E-state index contributed by atoms with van der Waals surface area (Å²) in [5, 5.41) is 10.8. The lowest BCUT2D eigenvalue weighted by molar-refractivity contribution is 0.379. The Morgan fingerprint density at radius 2 is 2.12 bits per heavy atom. The average molecular weight is 377 g/mol. The van der Waals surface area contributed by atoms with Crippen LogP contribution in [0.15, 0.2) is 49.1 Å². The predicted octanol–water partition coefficient (Wildman–Crippen LogP) is 4.96. The molecule has 1 heterocycles. The predicted molar refractivity (Wildman–Crippen MR) is 112 cm³/mol. The third-order valence-electron chi connectivity index (χ3n) is 4.83. The number of rotatable bonds is 9. The number of halogens is 1. The van der Waals surface area contributed by atoms with Gasteiger partial charge in [0.25, 0.3) is 0 Å². The smallest absolute Gasteiger partial charge is 0.136 e. The minimum atomic E-state index is -0.447. The molecule has 0 radical (unpaired) electrons. The number of aromatic hydroxyl groups is 1. The number of alkyl halides is 1. The van der Waals surface area contributed by atoms with Crippen LogP contribution in [-0.4, -0.2) is 46.5 Å². The topological polar surface area (TPSA) is 28.4 Å². The largest absolute Gasteiger partial charge is 0.508 e. The van der Waals surface area contributed by atoms with Crippen LogP contribution in [0.4, 0.5) is 4.39 Å². The number of phenolic OH excluding ortho intramolecular Hbond substituents is 1. The first-order valence-corrected chi connectivity index (χ1v) is 9.83. The molecule has 1 aromatic carbocycles. The SMILES string of the molecule is C=CC(C)(c1cc2cc(O)ccc2n1CCN(C)C)C(/C=C\C)SCF. The monoisotopic (exact) mass is 376 g/mol. The first kappa shape index (κ1) is 20.6. The molecule has 1 aromatic heterocycles. The maximum atomic E-state index is 13.2. The molecule has 0 aliphatic rings. The van der Waals surface area contributed by atoms with E-state index in [0.29, 0.717) is 0 Å². The molecular formula is C21H29FN2OS. The van der Waals surface area contributed by atoms with Gasteiger partial charge in [-0.1, -0.05) is 18.2 Å². The first-order chi connectivity index (χ1) is 12.4. The Morgan fingerprint density at radius 3 is 2.69 bits per heavy atom. The molecule has 2 rings (SSSR count). The lowest BCUT2D eigenvalue weighted by Crippen LogP contribution is -2.34. The molecule has 1 N–H and O–H groups in total. The van der Waals surface area contributed by atoms with Gasteiger partial charge in [-0.3, -0.25) is 0 Å². The summed E-state index contributed by atoms with van der Waals surface area (Å²) >= 11 is 1.28. The van der Waals surface area contributed by atoms with Crippen LogP contribution in [0.1, 0.15) is 19.5 Å². The number of aromatic nitrogens is 1. The summed E-state index contributed by atoms with van der Waals surface area (Å²) in [6, 6.07) is 7.09. The number of benzene rings is 1. The Bertz CT molecular complexity index is 784. The second-order valence-electron chi connectivity index (χ2n) is 6.94. The minimum Gasteiger partial charge on any atom is -0.508 e. The van der Waals surface area contributed by atoms with Crippen LogP contribution < -0.4 is 0 Å². The third kappa shape index (κ3) is 4.15. The molecule has 0 fully saturated rings. The molecule has 26 heavy (non-hydrogen) atoms. The molecule has 142 valence electrons. The number of thioether (sulfide) groups is 1. The van der Waals surface area contributed by atoms with E-state index >= 15 is 0 Å². The van der Waals surface area contributed by atoms with Crippen LogP contribution in [0, 0.1) is 0 Å². The van der Waals surface area contributed by atoms with Crippen molar-refractivity contribution in [2.45, 2.75) is 31.1 Å². The maximum absolute atomic E-state index is 13.2.